The first-order valence-electron chi connectivity index (χ1n) is 7.40. The molecule has 0 spiro atoms. The molecule has 3 rings (SSSR count). The number of halogens is 1. The van der Waals surface area contributed by atoms with Gasteiger partial charge in [-0.15, -0.1) is 16.4 Å². The standard InChI is InChI=1S/C15H14BrN7OS2/c1-9-7-25-14(18-9)19-12(24)8-26-15-20-13(22-23-15)21-17-6-10-3-2-4-11(16)5-10/h2-7H,8H2,1H3,(H,18,19,24)(H2,20,21,22,23)/b17-6-. The Morgan fingerprint density at radius 3 is 3.12 bits per heavy atom. The minimum Gasteiger partial charge on any atom is -0.301 e. The van der Waals surface area contributed by atoms with Crippen molar-refractivity contribution in [3.63, 3.8) is 0 Å². The summed E-state index contributed by atoms with van der Waals surface area (Å²) in [4.78, 5) is 20.3. The molecule has 0 fully saturated rings. The van der Waals surface area contributed by atoms with Crippen LogP contribution in [0.3, 0.4) is 0 Å². The Bertz CT molecular complexity index is 924. The van der Waals surface area contributed by atoms with Crippen molar-refractivity contribution < 1.29 is 4.79 Å². The number of thiazole rings is 1. The third kappa shape index (κ3) is 5.64. The third-order valence-electron chi connectivity index (χ3n) is 2.90. The fourth-order valence-electron chi connectivity index (χ4n) is 1.81. The number of H-pyrrole nitrogens is 1. The van der Waals surface area contributed by atoms with Crippen molar-refractivity contribution in [2.45, 2.75) is 12.1 Å². The van der Waals surface area contributed by atoms with Gasteiger partial charge >= 0.3 is 0 Å². The summed E-state index contributed by atoms with van der Waals surface area (Å²) in [5.41, 5.74) is 4.59. The molecule has 0 radical (unpaired) electrons. The quantitative estimate of drug-likeness (QED) is 0.288. The lowest BCUT2D eigenvalue weighted by Crippen LogP contribution is -2.13. The molecule has 0 atom stereocenters. The van der Waals surface area contributed by atoms with Crippen molar-refractivity contribution in [1.29, 1.82) is 0 Å². The van der Waals surface area contributed by atoms with E-state index >= 15 is 0 Å². The Morgan fingerprint density at radius 1 is 1.46 bits per heavy atom. The molecule has 2 aromatic heterocycles. The van der Waals surface area contributed by atoms with Gasteiger partial charge in [-0.05, 0) is 24.6 Å². The zero-order valence-electron chi connectivity index (χ0n) is 13.6. The summed E-state index contributed by atoms with van der Waals surface area (Å²) in [6, 6.07) is 7.73. The third-order valence-corrected chi connectivity index (χ3v) is 5.11. The molecule has 1 amide bonds. The predicted octanol–water partition coefficient (Wildman–Crippen LogP) is 3.51. The molecule has 0 aliphatic heterocycles. The van der Waals surface area contributed by atoms with Crippen LogP contribution >= 0.6 is 39.0 Å². The summed E-state index contributed by atoms with van der Waals surface area (Å²) in [5, 5.41) is 16.5. The maximum Gasteiger partial charge on any atom is 0.240 e. The van der Waals surface area contributed by atoms with Crippen LogP contribution < -0.4 is 10.7 Å². The lowest BCUT2D eigenvalue weighted by Gasteiger charge is -1.98. The number of aromatic nitrogens is 4. The van der Waals surface area contributed by atoms with Gasteiger partial charge in [0.05, 0.1) is 17.7 Å². The van der Waals surface area contributed by atoms with Crippen molar-refractivity contribution in [2.24, 2.45) is 5.10 Å². The van der Waals surface area contributed by atoms with E-state index in [1.807, 2.05) is 36.6 Å². The second-order valence-corrected chi connectivity index (χ2v) is 7.74. The van der Waals surface area contributed by atoms with E-state index in [1.54, 1.807) is 6.21 Å². The van der Waals surface area contributed by atoms with Crippen molar-refractivity contribution in [2.75, 3.05) is 16.5 Å². The van der Waals surface area contributed by atoms with Crippen LogP contribution in [0.2, 0.25) is 0 Å². The highest BCUT2D eigenvalue weighted by atomic mass is 79.9. The summed E-state index contributed by atoms with van der Waals surface area (Å²) in [7, 11) is 0. The molecule has 0 aliphatic carbocycles. The van der Waals surface area contributed by atoms with Gasteiger partial charge in [0.25, 0.3) is 0 Å². The Morgan fingerprint density at radius 2 is 2.35 bits per heavy atom. The molecular formula is C15H14BrN7OS2. The van der Waals surface area contributed by atoms with Gasteiger partial charge in [-0.2, -0.15) is 10.1 Å². The minimum absolute atomic E-state index is 0.156. The first kappa shape index (κ1) is 18.5. The highest BCUT2D eigenvalue weighted by molar-refractivity contribution is 9.10. The smallest absolute Gasteiger partial charge is 0.240 e. The van der Waals surface area contributed by atoms with Crippen LogP contribution in [0.4, 0.5) is 11.1 Å². The van der Waals surface area contributed by atoms with E-state index in [-0.39, 0.29) is 11.7 Å². The number of aryl methyl sites for hydroxylation is 1. The lowest BCUT2D eigenvalue weighted by atomic mass is 10.2. The van der Waals surface area contributed by atoms with Gasteiger partial charge in [-0.1, -0.05) is 39.8 Å². The predicted molar refractivity (Wildman–Crippen MR) is 108 cm³/mol. The van der Waals surface area contributed by atoms with Crippen molar-refractivity contribution in [3.8, 4) is 0 Å². The summed E-state index contributed by atoms with van der Waals surface area (Å²) in [5.74, 6) is 0.433. The van der Waals surface area contributed by atoms with Gasteiger partial charge in [0.15, 0.2) is 5.13 Å². The number of thioether (sulfide) groups is 1. The van der Waals surface area contributed by atoms with Gasteiger partial charge in [-0.25, -0.2) is 15.5 Å². The second kappa shape index (κ2) is 8.92. The Balaban J connectivity index is 1.46. The molecular weight excluding hydrogens is 438 g/mol. The summed E-state index contributed by atoms with van der Waals surface area (Å²) in [6.07, 6.45) is 1.67. The molecule has 3 aromatic rings. The Labute approximate surface area is 166 Å². The molecule has 26 heavy (non-hydrogen) atoms. The Hall–Kier alpha value is -2.24. The lowest BCUT2D eigenvalue weighted by molar-refractivity contribution is -0.113. The van der Waals surface area contributed by atoms with Gasteiger partial charge < -0.3 is 5.32 Å². The van der Waals surface area contributed by atoms with Gasteiger partial charge in [0.2, 0.25) is 17.0 Å². The molecule has 134 valence electrons. The average molecular weight is 452 g/mol. The number of aromatic amines is 1. The molecule has 0 unspecified atom stereocenters. The Kier molecular flexibility index (Phi) is 6.36. The summed E-state index contributed by atoms with van der Waals surface area (Å²) in [6.45, 7) is 1.88. The van der Waals surface area contributed by atoms with Crippen LogP contribution in [0.25, 0.3) is 0 Å². The number of nitrogens with zero attached hydrogens (tertiary/aromatic N) is 4. The van der Waals surface area contributed by atoms with Crippen molar-refractivity contribution >= 4 is 62.2 Å². The highest BCUT2D eigenvalue weighted by Gasteiger charge is 2.09. The number of hydrogen-bond donors (Lipinski definition) is 3. The molecule has 0 saturated carbocycles. The van der Waals surface area contributed by atoms with E-state index in [0.29, 0.717) is 16.2 Å². The van der Waals surface area contributed by atoms with E-state index in [4.69, 9.17) is 0 Å². The van der Waals surface area contributed by atoms with Gasteiger partial charge in [-0.3, -0.25) is 4.79 Å². The second-order valence-electron chi connectivity index (χ2n) is 5.02. The van der Waals surface area contributed by atoms with Crippen molar-refractivity contribution in [3.05, 3.63) is 45.4 Å². The highest BCUT2D eigenvalue weighted by Crippen LogP contribution is 2.17. The van der Waals surface area contributed by atoms with Crippen LogP contribution in [0, 0.1) is 6.92 Å². The maximum atomic E-state index is 11.9. The monoisotopic (exact) mass is 451 g/mol. The number of amides is 1. The maximum absolute atomic E-state index is 11.9. The molecule has 2 heterocycles. The van der Waals surface area contributed by atoms with Crippen molar-refractivity contribution in [1.82, 2.24) is 20.2 Å². The molecule has 3 N–H and O–H groups in total. The van der Waals surface area contributed by atoms with Crippen LogP contribution in [-0.2, 0) is 4.79 Å². The number of rotatable bonds is 7. The van der Waals surface area contributed by atoms with Gasteiger partial charge in [0.1, 0.15) is 0 Å². The number of carbonyl (C=O) groups excluding carboxylic acids is 1. The first-order valence-corrected chi connectivity index (χ1v) is 10.1. The molecule has 8 nitrogen and oxygen atoms in total. The number of hydrogen-bond acceptors (Lipinski definition) is 8. The summed E-state index contributed by atoms with van der Waals surface area (Å²) >= 11 is 6.02. The number of hydrazone groups is 1. The van der Waals surface area contributed by atoms with Crippen LogP contribution in [-0.4, -0.2) is 38.0 Å². The summed E-state index contributed by atoms with van der Waals surface area (Å²) < 4.78 is 0.978. The van der Waals surface area contributed by atoms with Crippen LogP contribution in [0.15, 0.2) is 44.4 Å². The molecule has 0 saturated heterocycles. The zero-order chi connectivity index (χ0) is 18.4. The normalized spacial score (nSPS) is 11.0. The number of benzene rings is 1. The molecule has 0 aliphatic rings. The number of carbonyl (C=O) groups is 1. The van der Waals surface area contributed by atoms with Gasteiger partial charge in [0, 0.05) is 9.85 Å². The van der Waals surface area contributed by atoms with E-state index in [9.17, 15) is 4.79 Å². The largest absolute Gasteiger partial charge is 0.301 e. The topological polar surface area (TPSA) is 108 Å². The molecule has 1 aromatic carbocycles. The minimum atomic E-state index is -0.156. The van der Waals surface area contributed by atoms with E-state index in [1.165, 1.54) is 23.1 Å². The fourth-order valence-corrected chi connectivity index (χ4v) is 3.53. The average Bonchev–Trinajstić information content (AvgIpc) is 3.22. The van der Waals surface area contributed by atoms with E-state index in [2.05, 4.69) is 51.9 Å². The molecule has 11 heteroatoms. The van der Waals surface area contributed by atoms with E-state index in [0.717, 1.165) is 15.7 Å². The number of nitrogens with one attached hydrogen (secondary N) is 3. The van der Waals surface area contributed by atoms with Crippen LogP contribution in [0.1, 0.15) is 11.3 Å². The zero-order valence-corrected chi connectivity index (χ0v) is 16.8. The SMILES string of the molecule is Cc1csc(NC(=O)CSc2n[nH]c(N/N=C\c3cccc(Br)c3)n2)n1. The molecule has 0 bridgehead atoms. The number of anilines is 2. The fraction of sp³-hybridized carbons (Fsp3) is 0.133. The first-order chi connectivity index (χ1) is 12.6. The van der Waals surface area contributed by atoms with E-state index < -0.39 is 0 Å². The van der Waals surface area contributed by atoms with Crippen LogP contribution in [0.5, 0.6) is 0 Å².